The van der Waals surface area contributed by atoms with Crippen LogP contribution >= 0.6 is 11.6 Å². The minimum Gasteiger partial charge on any atom is -0.459 e. The second-order valence-corrected chi connectivity index (χ2v) is 10.2. The number of unbranched alkanes of at least 4 members (excludes halogenated alkanes) is 5. The molecular weight excluding hydrogens is 496 g/mol. The molecular formula is C33H39ClO4. The second-order valence-electron chi connectivity index (χ2n) is 9.82. The highest BCUT2D eigenvalue weighted by Crippen LogP contribution is 2.27. The molecule has 4 nitrogen and oxygen atoms in total. The Hall–Kier alpha value is -3.11. The first kappa shape index (κ1) is 29.4. The molecule has 38 heavy (non-hydrogen) atoms. The van der Waals surface area contributed by atoms with E-state index < -0.39 is 5.97 Å². The molecule has 1 atom stereocenters. The van der Waals surface area contributed by atoms with E-state index in [0.717, 1.165) is 48.3 Å². The van der Waals surface area contributed by atoms with E-state index in [2.05, 4.69) is 26.0 Å². The Bertz CT molecular complexity index is 1170. The van der Waals surface area contributed by atoms with Crippen LogP contribution in [0.2, 0.25) is 5.02 Å². The molecule has 0 saturated carbocycles. The Labute approximate surface area is 232 Å². The minimum absolute atomic E-state index is 0.125. The lowest BCUT2D eigenvalue weighted by molar-refractivity contribution is 0.0319. The molecule has 0 aliphatic carbocycles. The summed E-state index contributed by atoms with van der Waals surface area (Å²) in [6, 6.07) is 19.9. The van der Waals surface area contributed by atoms with Crippen LogP contribution in [-0.2, 0) is 11.2 Å². The van der Waals surface area contributed by atoms with Crippen molar-refractivity contribution in [3.8, 4) is 16.9 Å². The molecule has 3 aromatic rings. The van der Waals surface area contributed by atoms with Gasteiger partial charge in [0.05, 0.1) is 17.2 Å². The average Bonchev–Trinajstić information content (AvgIpc) is 2.92. The van der Waals surface area contributed by atoms with Gasteiger partial charge in [0.15, 0.2) is 0 Å². The SMILES string of the molecule is CCCCCCC(C)OC(=O)c1ccc(OC(=O)c2ccc(-c3ccc(CCCCC)c(Cl)c3)cc2)cc1. The fourth-order valence-corrected chi connectivity index (χ4v) is 4.56. The van der Waals surface area contributed by atoms with Crippen molar-refractivity contribution in [1.29, 1.82) is 0 Å². The number of hydrogen-bond acceptors (Lipinski definition) is 4. The van der Waals surface area contributed by atoms with Gasteiger partial charge in [-0.05, 0) is 91.8 Å². The van der Waals surface area contributed by atoms with Gasteiger partial charge in [-0.15, -0.1) is 0 Å². The van der Waals surface area contributed by atoms with E-state index >= 15 is 0 Å². The summed E-state index contributed by atoms with van der Waals surface area (Å²) in [4.78, 5) is 25.1. The molecule has 0 N–H and O–H groups in total. The van der Waals surface area contributed by atoms with Gasteiger partial charge in [0, 0.05) is 5.02 Å². The van der Waals surface area contributed by atoms with Crippen molar-refractivity contribution < 1.29 is 19.1 Å². The second kappa shape index (κ2) is 15.3. The molecule has 0 saturated heterocycles. The molecule has 1 unspecified atom stereocenters. The molecule has 0 fully saturated rings. The summed E-state index contributed by atoms with van der Waals surface area (Å²) in [5.41, 5.74) is 4.03. The topological polar surface area (TPSA) is 52.6 Å². The maximum atomic E-state index is 12.7. The van der Waals surface area contributed by atoms with E-state index in [1.165, 1.54) is 31.2 Å². The fraction of sp³-hybridized carbons (Fsp3) is 0.394. The number of benzene rings is 3. The summed E-state index contributed by atoms with van der Waals surface area (Å²) < 4.78 is 11.0. The summed E-state index contributed by atoms with van der Waals surface area (Å²) in [5, 5.41) is 0.774. The van der Waals surface area contributed by atoms with Crippen LogP contribution in [0.5, 0.6) is 5.75 Å². The van der Waals surface area contributed by atoms with Crippen molar-refractivity contribution >= 4 is 23.5 Å². The van der Waals surface area contributed by atoms with Gasteiger partial charge in [-0.1, -0.05) is 81.8 Å². The fourth-order valence-electron chi connectivity index (χ4n) is 4.29. The molecule has 202 valence electrons. The van der Waals surface area contributed by atoms with Crippen molar-refractivity contribution in [3.63, 3.8) is 0 Å². The van der Waals surface area contributed by atoms with Gasteiger partial charge in [-0.2, -0.15) is 0 Å². The monoisotopic (exact) mass is 534 g/mol. The average molecular weight is 535 g/mol. The molecule has 0 amide bonds. The zero-order valence-electron chi connectivity index (χ0n) is 22.8. The third-order valence-corrected chi connectivity index (χ3v) is 6.98. The Morgan fingerprint density at radius 1 is 0.737 bits per heavy atom. The summed E-state index contributed by atoms with van der Waals surface area (Å²) in [6.07, 6.45) is 9.83. The Morgan fingerprint density at radius 3 is 2.00 bits per heavy atom. The zero-order valence-corrected chi connectivity index (χ0v) is 23.6. The first-order valence-corrected chi connectivity index (χ1v) is 14.2. The summed E-state index contributed by atoms with van der Waals surface area (Å²) in [5.74, 6) is -0.457. The lowest BCUT2D eigenvalue weighted by atomic mass is 10.0. The molecule has 0 heterocycles. The number of hydrogen-bond donors (Lipinski definition) is 0. The first-order chi connectivity index (χ1) is 18.4. The normalized spacial score (nSPS) is 11.7. The van der Waals surface area contributed by atoms with Crippen LogP contribution in [0.1, 0.15) is 98.4 Å². The molecule has 0 aliphatic rings. The van der Waals surface area contributed by atoms with Crippen LogP contribution in [0.3, 0.4) is 0 Å². The predicted octanol–water partition coefficient (Wildman–Crippen LogP) is 9.47. The molecule has 0 aromatic heterocycles. The van der Waals surface area contributed by atoms with E-state index in [-0.39, 0.29) is 12.1 Å². The van der Waals surface area contributed by atoms with E-state index in [9.17, 15) is 9.59 Å². The number of esters is 2. The van der Waals surface area contributed by atoms with Crippen LogP contribution in [-0.4, -0.2) is 18.0 Å². The predicted molar refractivity (Wildman–Crippen MR) is 155 cm³/mol. The van der Waals surface area contributed by atoms with Crippen molar-refractivity contribution in [1.82, 2.24) is 0 Å². The van der Waals surface area contributed by atoms with Crippen LogP contribution in [0.4, 0.5) is 0 Å². The van der Waals surface area contributed by atoms with Crippen molar-refractivity contribution in [2.75, 3.05) is 0 Å². The lowest BCUT2D eigenvalue weighted by Gasteiger charge is -2.13. The first-order valence-electron chi connectivity index (χ1n) is 13.8. The van der Waals surface area contributed by atoms with Crippen LogP contribution in [0.25, 0.3) is 11.1 Å². The van der Waals surface area contributed by atoms with Crippen molar-refractivity contribution in [2.45, 2.75) is 84.7 Å². The molecule has 0 spiro atoms. The van der Waals surface area contributed by atoms with Gasteiger partial charge in [-0.25, -0.2) is 9.59 Å². The molecule has 0 bridgehead atoms. The third kappa shape index (κ3) is 9.02. The Morgan fingerprint density at radius 2 is 1.34 bits per heavy atom. The molecule has 3 aromatic carbocycles. The number of carbonyl (C=O) groups excluding carboxylic acids is 2. The Balaban J connectivity index is 1.54. The minimum atomic E-state index is -0.461. The van der Waals surface area contributed by atoms with Crippen LogP contribution < -0.4 is 4.74 Å². The third-order valence-electron chi connectivity index (χ3n) is 6.63. The van der Waals surface area contributed by atoms with Crippen molar-refractivity contribution in [2.24, 2.45) is 0 Å². The van der Waals surface area contributed by atoms with E-state index in [1.807, 2.05) is 25.1 Å². The highest BCUT2D eigenvalue weighted by atomic mass is 35.5. The molecule has 0 aliphatic heterocycles. The van der Waals surface area contributed by atoms with Gasteiger partial charge in [0.25, 0.3) is 0 Å². The van der Waals surface area contributed by atoms with Gasteiger partial charge >= 0.3 is 11.9 Å². The number of ether oxygens (including phenoxy) is 2. The van der Waals surface area contributed by atoms with Gasteiger partial charge in [0.1, 0.15) is 5.75 Å². The largest absolute Gasteiger partial charge is 0.459 e. The number of halogens is 1. The van der Waals surface area contributed by atoms with Gasteiger partial charge < -0.3 is 9.47 Å². The maximum absolute atomic E-state index is 12.7. The molecule has 0 radical (unpaired) electrons. The Kier molecular flexibility index (Phi) is 11.9. The maximum Gasteiger partial charge on any atom is 0.343 e. The van der Waals surface area contributed by atoms with Crippen molar-refractivity contribution in [3.05, 3.63) is 88.4 Å². The smallest absolute Gasteiger partial charge is 0.343 e. The van der Waals surface area contributed by atoms with E-state index in [0.29, 0.717) is 16.9 Å². The van der Waals surface area contributed by atoms with Crippen LogP contribution in [0.15, 0.2) is 66.7 Å². The number of carbonyl (C=O) groups is 2. The molecule has 5 heteroatoms. The van der Waals surface area contributed by atoms with E-state index in [4.69, 9.17) is 21.1 Å². The van der Waals surface area contributed by atoms with E-state index in [1.54, 1.807) is 36.4 Å². The number of aryl methyl sites for hydroxylation is 1. The summed E-state index contributed by atoms with van der Waals surface area (Å²) in [6.45, 7) is 6.28. The molecule has 3 rings (SSSR count). The summed E-state index contributed by atoms with van der Waals surface area (Å²) in [7, 11) is 0. The standard InChI is InChI=1S/C33H39ClO4/c1-4-6-8-10-11-24(3)37-32(35)28-19-21-30(22-20-28)38-33(36)27-16-13-25(14-17-27)29-18-15-26(31(34)23-29)12-9-7-5-2/h13-24H,4-12H2,1-3H3. The highest BCUT2D eigenvalue weighted by Gasteiger charge is 2.14. The van der Waals surface area contributed by atoms with Crippen LogP contribution in [0, 0.1) is 0 Å². The zero-order chi connectivity index (χ0) is 27.3. The van der Waals surface area contributed by atoms with Gasteiger partial charge in [0.2, 0.25) is 0 Å². The van der Waals surface area contributed by atoms with Gasteiger partial charge in [-0.3, -0.25) is 0 Å². The lowest BCUT2D eigenvalue weighted by Crippen LogP contribution is -2.15. The number of rotatable bonds is 14. The summed E-state index contributed by atoms with van der Waals surface area (Å²) >= 11 is 6.51. The highest BCUT2D eigenvalue weighted by molar-refractivity contribution is 6.31. The quantitative estimate of drug-likeness (QED) is 0.117.